The number of rotatable bonds is 2. The molecule has 0 saturated heterocycles. The van der Waals surface area contributed by atoms with Gasteiger partial charge in [0.25, 0.3) is 0 Å². The smallest absolute Gasteiger partial charge is 0.0959 e. The molecule has 0 heterocycles. The van der Waals surface area contributed by atoms with Gasteiger partial charge in [-0.2, -0.15) is 0 Å². The molecule has 0 atom stereocenters. The largest absolute Gasteiger partial charge is 0.501 e. The van der Waals surface area contributed by atoms with Crippen LogP contribution in [0.4, 0.5) is 0 Å². The molecule has 1 heteroatoms. The monoisotopic (exact) mass is 162 g/mol. The molecule has 0 fully saturated rings. The molecule has 0 aliphatic carbocycles. The lowest BCUT2D eigenvalue weighted by Gasteiger charge is -2.05. The van der Waals surface area contributed by atoms with Crippen molar-refractivity contribution in [3.63, 3.8) is 0 Å². The van der Waals surface area contributed by atoms with Crippen LogP contribution in [-0.4, -0.2) is 7.11 Å². The minimum atomic E-state index is 0.973. The Morgan fingerprint density at radius 1 is 1.08 bits per heavy atom. The van der Waals surface area contributed by atoms with E-state index in [1.807, 2.05) is 25.1 Å². The van der Waals surface area contributed by atoms with Crippen LogP contribution in [0.3, 0.4) is 0 Å². The average Bonchev–Trinajstić information content (AvgIpc) is 2.17. The van der Waals surface area contributed by atoms with E-state index in [2.05, 4.69) is 19.1 Å². The van der Waals surface area contributed by atoms with Crippen molar-refractivity contribution in [1.82, 2.24) is 0 Å². The van der Waals surface area contributed by atoms with Gasteiger partial charge in [-0.25, -0.2) is 0 Å². The quantitative estimate of drug-likeness (QED) is 0.607. The van der Waals surface area contributed by atoms with Crippen molar-refractivity contribution >= 4 is 5.57 Å². The van der Waals surface area contributed by atoms with E-state index in [9.17, 15) is 0 Å². The summed E-state index contributed by atoms with van der Waals surface area (Å²) >= 11 is 0. The average molecular weight is 162 g/mol. The van der Waals surface area contributed by atoms with E-state index in [-0.39, 0.29) is 0 Å². The van der Waals surface area contributed by atoms with Crippen molar-refractivity contribution in [2.24, 2.45) is 0 Å². The number of hydrogen-bond donors (Lipinski definition) is 0. The molecule has 0 spiro atoms. The van der Waals surface area contributed by atoms with Gasteiger partial charge in [-0.15, -0.1) is 0 Å². The third-order valence-electron chi connectivity index (χ3n) is 2.04. The molecule has 1 rings (SSSR count). The summed E-state index contributed by atoms with van der Waals surface area (Å²) in [6, 6.07) is 10.2. The van der Waals surface area contributed by atoms with Gasteiger partial charge in [-0.05, 0) is 25.0 Å². The second-order valence-electron chi connectivity index (χ2n) is 2.75. The maximum Gasteiger partial charge on any atom is 0.0959 e. The Balaban J connectivity index is 3.00. The predicted octanol–water partition coefficient (Wildman–Crippen LogP) is 3.08. The van der Waals surface area contributed by atoms with E-state index in [0.29, 0.717) is 0 Å². The van der Waals surface area contributed by atoms with Gasteiger partial charge in [0.1, 0.15) is 0 Å². The van der Waals surface area contributed by atoms with Gasteiger partial charge in [0, 0.05) is 0 Å². The molecule has 0 aliphatic rings. The summed E-state index contributed by atoms with van der Waals surface area (Å²) in [6.45, 7) is 4.04. The molecule has 0 radical (unpaired) electrons. The van der Waals surface area contributed by atoms with Crippen LogP contribution >= 0.6 is 0 Å². The van der Waals surface area contributed by atoms with E-state index in [1.165, 1.54) is 11.1 Å². The molecule has 0 N–H and O–H groups in total. The minimum Gasteiger partial charge on any atom is -0.501 e. The predicted molar refractivity (Wildman–Crippen MR) is 51.7 cm³/mol. The highest BCUT2D eigenvalue weighted by atomic mass is 16.5. The molecule has 0 aromatic heterocycles. The van der Waals surface area contributed by atoms with Crippen molar-refractivity contribution in [1.29, 1.82) is 0 Å². The maximum atomic E-state index is 5.15. The molecule has 12 heavy (non-hydrogen) atoms. The van der Waals surface area contributed by atoms with E-state index < -0.39 is 0 Å². The Labute approximate surface area is 73.7 Å². The van der Waals surface area contributed by atoms with E-state index in [0.717, 1.165) is 5.76 Å². The fourth-order valence-electron chi connectivity index (χ4n) is 1.04. The molecule has 0 amide bonds. The fraction of sp³-hybridized carbons (Fsp3) is 0.273. The number of ether oxygens (including phenoxy) is 1. The van der Waals surface area contributed by atoms with Crippen LogP contribution in [0.15, 0.2) is 36.1 Å². The summed E-state index contributed by atoms with van der Waals surface area (Å²) in [7, 11) is 1.70. The van der Waals surface area contributed by atoms with Crippen LogP contribution in [0.1, 0.15) is 19.4 Å². The molecule has 1 aromatic carbocycles. The SMILES string of the molecule is CO/C(C)=C(/C)c1ccccc1. The first kappa shape index (κ1) is 8.85. The zero-order valence-corrected chi connectivity index (χ0v) is 7.79. The maximum absolute atomic E-state index is 5.15. The molecule has 0 bridgehead atoms. The van der Waals surface area contributed by atoms with Gasteiger partial charge >= 0.3 is 0 Å². The second-order valence-corrected chi connectivity index (χ2v) is 2.75. The summed E-state index contributed by atoms with van der Waals surface area (Å²) in [5.41, 5.74) is 2.41. The van der Waals surface area contributed by atoms with Crippen molar-refractivity contribution in [2.75, 3.05) is 7.11 Å². The molecular weight excluding hydrogens is 148 g/mol. The number of methoxy groups -OCH3 is 1. The highest BCUT2D eigenvalue weighted by molar-refractivity contribution is 5.64. The standard InChI is InChI=1S/C11H14O/c1-9(10(2)12-3)11-7-5-4-6-8-11/h4-8H,1-3H3/b10-9-. The lowest BCUT2D eigenvalue weighted by molar-refractivity contribution is 0.295. The third-order valence-corrected chi connectivity index (χ3v) is 2.04. The van der Waals surface area contributed by atoms with Crippen molar-refractivity contribution < 1.29 is 4.74 Å². The molecule has 0 saturated carbocycles. The molecule has 0 unspecified atom stereocenters. The molecule has 1 nitrogen and oxygen atoms in total. The van der Waals surface area contributed by atoms with Crippen LogP contribution in [0, 0.1) is 0 Å². The zero-order chi connectivity index (χ0) is 8.97. The summed E-state index contributed by atoms with van der Waals surface area (Å²) in [4.78, 5) is 0. The van der Waals surface area contributed by atoms with Gasteiger partial charge in [0.15, 0.2) is 0 Å². The van der Waals surface area contributed by atoms with Crippen LogP contribution in [0.25, 0.3) is 5.57 Å². The summed E-state index contributed by atoms with van der Waals surface area (Å²) in [5, 5.41) is 0. The van der Waals surface area contributed by atoms with Crippen molar-refractivity contribution in [3.05, 3.63) is 41.7 Å². The molecule has 1 aromatic rings. The fourth-order valence-corrected chi connectivity index (χ4v) is 1.04. The molecular formula is C11H14O. The number of hydrogen-bond acceptors (Lipinski definition) is 1. The Morgan fingerprint density at radius 2 is 1.67 bits per heavy atom. The van der Waals surface area contributed by atoms with Crippen LogP contribution in [-0.2, 0) is 4.74 Å². The first-order valence-corrected chi connectivity index (χ1v) is 4.02. The van der Waals surface area contributed by atoms with Gasteiger partial charge in [0.05, 0.1) is 12.9 Å². The minimum absolute atomic E-state index is 0.973. The number of benzene rings is 1. The van der Waals surface area contributed by atoms with Gasteiger partial charge in [-0.1, -0.05) is 30.3 Å². The highest BCUT2D eigenvalue weighted by Gasteiger charge is 1.98. The van der Waals surface area contributed by atoms with E-state index in [4.69, 9.17) is 4.74 Å². The van der Waals surface area contributed by atoms with Gasteiger partial charge in [-0.3, -0.25) is 0 Å². The summed E-state index contributed by atoms with van der Waals surface area (Å²) in [5.74, 6) is 0.973. The molecule has 0 aliphatic heterocycles. The molecule has 64 valence electrons. The summed E-state index contributed by atoms with van der Waals surface area (Å²) in [6.07, 6.45) is 0. The zero-order valence-electron chi connectivity index (χ0n) is 7.79. The normalized spacial score (nSPS) is 12.2. The Bertz CT molecular complexity index is 272. The summed E-state index contributed by atoms with van der Waals surface area (Å²) < 4.78 is 5.15. The van der Waals surface area contributed by atoms with Crippen molar-refractivity contribution in [2.45, 2.75) is 13.8 Å². The Hall–Kier alpha value is -1.24. The lowest BCUT2D eigenvalue weighted by atomic mass is 10.1. The van der Waals surface area contributed by atoms with Gasteiger partial charge in [0.2, 0.25) is 0 Å². The second kappa shape index (κ2) is 3.96. The Morgan fingerprint density at radius 3 is 2.17 bits per heavy atom. The van der Waals surface area contributed by atoms with Crippen molar-refractivity contribution in [3.8, 4) is 0 Å². The first-order valence-electron chi connectivity index (χ1n) is 4.02. The lowest BCUT2D eigenvalue weighted by Crippen LogP contribution is -1.86. The van der Waals surface area contributed by atoms with E-state index in [1.54, 1.807) is 7.11 Å². The third kappa shape index (κ3) is 1.88. The Kier molecular flexibility index (Phi) is 2.92. The van der Waals surface area contributed by atoms with Gasteiger partial charge < -0.3 is 4.74 Å². The van der Waals surface area contributed by atoms with E-state index >= 15 is 0 Å². The topological polar surface area (TPSA) is 9.23 Å². The van der Waals surface area contributed by atoms with Crippen LogP contribution in [0.2, 0.25) is 0 Å². The van der Waals surface area contributed by atoms with Crippen LogP contribution in [0.5, 0.6) is 0 Å². The van der Waals surface area contributed by atoms with Crippen LogP contribution < -0.4 is 0 Å². The first-order chi connectivity index (χ1) is 5.75. The highest BCUT2D eigenvalue weighted by Crippen LogP contribution is 2.17. The number of allylic oxidation sites excluding steroid dienone is 2.